The third kappa shape index (κ3) is 2.36. The minimum absolute atomic E-state index is 0.00391. The molecule has 4 heteroatoms. The van der Waals surface area contributed by atoms with Gasteiger partial charge in [0.25, 0.3) is 0 Å². The van der Waals surface area contributed by atoms with Gasteiger partial charge < -0.3 is 4.74 Å². The maximum Gasteiger partial charge on any atom is 0.302 e. The molecule has 0 aromatic heterocycles. The molecule has 0 aliphatic heterocycles. The Morgan fingerprint density at radius 2 is 1.76 bits per heavy atom. The van der Waals surface area contributed by atoms with E-state index in [4.69, 9.17) is 4.74 Å². The average molecular weight is 344 g/mol. The van der Waals surface area contributed by atoms with Crippen LogP contribution in [0.15, 0.2) is 11.6 Å². The molecule has 0 aromatic carbocycles. The van der Waals surface area contributed by atoms with E-state index in [0.717, 1.165) is 32.1 Å². The largest absolute Gasteiger partial charge is 0.462 e. The second-order valence-electron chi connectivity index (χ2n) is 9.12. The Kier molecular flexibility index (Phi) is 3.75. The zero-order chi connectivity index (χ0) is 18.0. The molecule has 0 heterocycles. The molecule has 0 amide bonds. The highest BCUT2D eigenvalue weighted by Gasteiger charge is 2.61. The Morgan fingerprint density at radius 3 is 2.48 bits per heavy atom. The van der Waals surface area contributed by atoms with Gasteiger partial charge in [0.15, 0.2) is 5.78 Å². The lowest BCUT2D eigenvalue weighted by Crippen LogP contribution is -2.53. The lowest BCUT2D eigenvalue weighted by Gasteiger charge is -2.55. The third-order valence-electron chi connectivity index (χ3n) is 7.94. The van der Waals surface area contributed by atoms with E-state index in [2.05, 4.69) is 13.8 Å². The minimum Gasteiger partial charge on any atom is -0.462 e. The summed E-state index contributed by atoms with van der Waals surface area (Å²) in [5, 5.41) is 0. The van der Waals surface area contributed by atoms with Gasteiger partial charge in [0.2, 0.25) is 0 Å². The van der Waals surface area contributed by atoms with E-state index in [0.29, 0.717) is 24.5 Å². The van der Waals surface area contributed by atoms with Crippen LogP contribution in [0, 0.1) is 28.6 Å². The number of rotatable bonds is 1. The highest BCUT2D eigenvalue weighted by Crippen LogP contribution is 2.63. The van der Waals surface area contributed by atoms with Gasteiger partial charge in [-0.1, -0.05) is 19.4 Å². The third-order valence-corrected chi connectivity index (χ3v) is 7.94. The highest BCUT2D eigenvalue weighted by molar-refractivity contribution is 5.96. The number of hydrogen-bond donors (Lipinski definition) is 0. The van der Waals surface area contributed by atoms with Crippen LogP contribution < -0.4 is 0 Å². The van der Waals surface area contributed by atoms with E-state index in [-0.39, 0.29) is 40.5 Å². The fraction of sp³-hybridized carbons (Fsp3) is 0.762. The van der Waals surface area contributed by atoms with Crippen molar-refractivity contribution in [3.8, 4) is 0 Å². The van der Waals surface area contributed by atoms with Crippen molar-refractivity contribution in [3.05, 3.63) is 11.6 Å². The number of carbonyl (C=O) groups excluding carboxylic acids is 3. The molecule has 0 N–H and O–H groups in total. The first-order valence-electron chi connectivity index (χ1n) is 9.71. The van der Waals surface area contributed by atoms with E-state index in [1.807, 2.05) is 6.08 Å². The summed E-state index contributed by atoms with van der Waals surface area (Å²) in [6.07, 6.45) is 7.66. The quantitative estimate of drug-likeness (QED) is 0.682. The van der Waals surface area contributed by atoms with Crippen LogP contribution in [0.3, 0.4) is 0 Å². The van der Waals surface area contributed by atoms with E-state index >= 15 is 0 Å². The molecule has 4 nitrogen and oxygen atoms in total. The molecule has 3 fully saturated rings. The van der Waals surface area contributed by atoms with Gasteiger partial charge in [-0.05, 0) is 55.4 Å². The second-order valence-corrected chi connectivity index (χ2v) is 9.12. The SMILES string of the molecule is CC(=O)O[C@H]1CC[C@]2(C)C(=CC(=O)[C@@H]3[C@@H]4CCC(=O)[C@]4(C)CC[C@@H]32)C1. The highest BCUT2D eigenvalue weighted by atomic mass is 16.5. The molecule has 4 aliphatic rings. The predicted octanol–water partition coefficient (Wildman–Crippen LogP) is 3.63. The number of Topliss-reactive ketones (excluding diaryl/α,β-unsaturated/α-hetero) is 1. The minimum atomic E-state index is -0.284. The summed E-state index contributed by atoms with van der Waals surface area (Å²) < 4.78 is 5.42. The number of fused-ring (bicyclic) bond motifs is 5. The molecule has 0 bridgehead atoms. The molecule has 4 rings (SSSR count). The molecule has 0 spiro atoms. The molecule has 0 radical (unpaired) electrons. The van der Waals surface area contributed by atoms with Crippen molar-refractivity contribution >= 4 is 17.5 Å². The molecule has 0 aromatic rings. The van der Waals surface area contributed by atoms with Gasteiger partial charge in [-0.25, -0.2) is 0 Å². The van der Waals surface area contributed by atoms with Gasteiger partial charge in [0.1, 0.15) is 11.9 Å². The Labute approximate surface area is 149 Å². The molecule has 0 unspecified atom stereocenters. The van der Waals surface area contributed by atoms with Crippen molar-refractivity contribution in [1.29, 1.82) is 0 Å². The van der Waals surface area contributed by atoms with Crippen molar-refractivity contribution in [2.75, 3.05) is 0 Å². The lowest BCUT2D eigenvalue weighted by atomic mass is 9.48. The standard InChI is InChI=1S/C21H28O4/c1-12(22)25-14-6-8-20(2)13(10-14)11-17(23)19-15-4-5-18(24)21(15,3)9-7-16(19)20/h11,14-16,19H,4-10H2,1-3H3/t14-,15-,16-,19+,20+,21+/m0/s1. The monoisotopic (exact) mass is 344 g/mol. The molecule has 3 saturated carbocycles. The van der Waals surface area contributed by atoms with Crippen LogP contribution in [0.4, 0.5) is 0 Å². The van der Waals surface area contributed by atoms with Crippen molar-refractivity contribution < 1.29 is 19.1 Å². The van der Waals surface area contributed by atoms with Crippen LogP contribution in [0.1, 0.15) is 65.7 Å². The topological polar surface area (TPSA) is 60.4 Å². The first kappa shape index (κ1) is 17.0. The van der Waals surface area contributed by atoms with Gasteiger partial charge in [-0.2, -0.15) is 0 Å². The Morgan fingerprint density at radius 1 is 1.08 bits per heavy atom. The Bertz CT molecular complexity index is 677. The van der Waals surface area contributed by atoms with Crippen molar-refractivity contribution in [1.82, 2.24) is 0 Å². The zero-order valence-electron chi connectivity index (χ0n) is 15.5. The number of ether oxygens (including phenoxy) is 1. The summed E-state index contributed by atoms with van der Waals surface area (Å²) in [6, 6.07) is 0. The number of ketones is 2. The van der Waals surface area contributed by atoms with Crippen molar-refractivity contribution in [2.45, 2.75) is 71.8 Å². The Balaban J connectivity index is 1.67. The van der Waals surface area contributed by atoms with E-state index < -0.39 is 0 Å². The van der Waals surface area contributed by atoms with E-state index in [1.54, 1.807) is 0 Å². The summed E-state index contributed by atoms with van der Waals surface area (Å²) in [6.45, 7) is 5.84. The number of carbonyl (C=O) groups is 3. The summed E-state index contributed by atoms with van der Waals surface area (Å²) >= 11 is 0. The van der Waals surface area contributed by atoms with Crippen LogP contribution in [0.2, 0.25) is 0 Å². The second kappa shape index (κ2) is 5.52. The Hall–Kier alpha value is -1.45. The number of allylic oxidation sites excluding steroid dienone is 1. The maximum atomic E-state index is 13.1. The molecular weight excluding hydrogens is 316 g/mol. The molecular formula is C21H28O4. The predicted molar refractivity (Wildman–Crippen MR) is 92.7 cm³/mol. The number of esters is 1. The first-order chi connectivity index (χ1) is 11.8. The molecule has 0 saturated heterocycles. The van der Waals surface area contributed by atoms with E-state index in [1.165, 1.54) is 12.5 Å². The lowest BCUT2D eigenvalue weighted by molar-refractivity contribution is -0.149. The van der Waals surface area contributed by atoms with Crippen molar-refractivity contribution in [2.24, 2.45) is 28.6 Å². The summed E-state index contributed by atoms with van der Waals surface area (Å²) in [4.78, 5) is 36.8. The fourth-order valence-corrected chi connectivity index (χ4v) is 6.48. The summed E-state index contributed by atoms with van der Waals surface area (Å²) in [5.41, 5.74) is 0.902. The smallest absolute Gasteiger partial charge is 0.302 e. The van der Waals surface area contributed by atoms with Crippen LogP contribution in [-0.4, -0.2) is 23.6 Å². The van der Waals surface area contributed by atoms with E-state index in [9.17, 15) is 14.4 Å². The number of hydrogen-bond acceptors (Lipinski definition) is 4. The summed E-state index contributed by atoms with van der Waals surface area (Å²) in [5.74, 6) is 0.888. The first-order valence-corrected chi connectivity index (χ1v) is 9.71. The summed E-state index contributed by atoms with van der Waals surface area (Å²) in [7, 11) is 0. The molecule has 25 heavy (non-hydrogen) atoms. The van der Waals surface area contributed by atoms with Crippen LogP contribution >= 0.6 is 0 Å². The maximum absolute atomic E-state index is 13.1. The van der Waals surface area contributed by atoms with Gasteiger partial charge in [-0.3, -0.25) is 14.4 Å². The zero-order valence-corrected chi connectivity index (χ0v) is 15.5. The average Bonchev–Trinajstić information content (AvgIpc) is 2.84. The van der Waals surface area contributed by atoms with Crippen LogP contribution in [0.25, 0.3) is 0 Å². The van der Waals surface area contributed by atoms with Gasteiger partial charge in [0, 0.05) is 31.1 Å². The van der Waals surface area contributed by atoms with Gasteiger partial charge in [-0.15, -0.1) is 0 Å². The van der Waals surface area contributed by atoms with Crippen LogP contribution in [-0.2, 0) is 19.1 Å². The fourth-order valence-electron chi connectivity index (χ4n) is 6.48. The van der Waals surface area contributed by atoms with Crippen LogP contribution in [0.5, 0.6) is 0 Å². The van der Waals surface area contributed by atoms with Crippen molar-refractivity contribution in [3.63, 3.8) is 0 Å². The van der Waals surface area contributed by atoms with Gasteiger partial charge in [0.05, 0.1) is 0 Å². The van der Waals surface area contributed by atoms with Gasteiger partial charge >= 0.3 is 5.97 Å². The molecule has 4 aliphatic carbocycles. The molecule has 6 atom stereocenters. The molecule has 136 valence electrons. The normalized spacial score (nSPS) is 46.0.